The lowest BCUT2D eigenvalue weighted by atomic mass is 10.1. The second-order valence-electron chi connectivity index (χ2n) is 4.54. The summed E-state index contributed by atoms with van der Waals surface area (Å²) in [4.78, 5) is 11.8. The van der Waals surface area contributed by atoms with Crippen LogP contribution in [0.3, 0.4) is 0 Å². The van der Waals surface area contributed by atoms with E-state index in [1.807, 2.05) is 12.2 Å². The van der Waals surface area contributed by atoms with Gasteiger partial charge in [0, 0.05) is 13.1 Å². The van der Waals surface area contributed by atoms with E-state index in [1.54, 1.807) is 12.1 Å². The van der Waals surface area contributed by atoms with Crippen molar-refractivity contribution in [2.45, 2.75) is 17.4 Å². The van der Waals surface area contributed by atoms with Crippen LogP contribution < -0.4 is 15.8 Å². The van der Waals surface area contributed by atoms with E-state index < -0.39 is 10.0 Å². The molecule has 1 amide bonds. The van der Waals surface area contributed by atoms with Crippen molar-refractivity contribution in [2.24, 2.45) is 5.14 Å². The van der Waals surface area contributed by atoms with Gasteiger partial charge in [-0.3, -0.25) is 10.1 Å². The van der Waals surface area contributed by atoms with Crippen LogP contribution in [0.1, 0.15) is 5.56 Å². The highest BCUT2D eigenvalue weighted by Crippen LogP contribution is 2.08. The van der Waals surface area contributed by atoms with E-state index in [-0.39, 0.29) is 16.8 Å². The first-order valence-electron chi connectivity index (χ1n) is 6.26. The van der Waals surface area contributed by atoms with Crippen molar-refractivity contribution in [1.82, 2.24) is 10.6 Å². The molecule has 0 saturated heterocycles. The second-order valence-corrected chi connectivity index (χ2v) is 6.11. The molecule has 0 fully saturated rings. The lowest BCUT2D eigenvalue weighted by Gasteiger charge is -2.10. The first-order chi connectivity index (χ1) is 9.47. The normalized spacial score (nSPS) is 18.1. The molecule has 0 radical (unpaired) electrons. The molecule has 1 aromatic carbocycles. The van der Waals surface area contributed by atoms with Crippen LogP contribution in [0, 0.1) is 0 Å². The van der Waals surface area contributed by atoms with Gasteiger partial charge in [0.05, 0.1) is 4.90 Å². The van der Waals surface area contributed by atoms with E-state index in [2.05, 4.69) is 10.6 Å². The van der Waals surface area contributed by atoms with Gasteiger partial charge in [-0.25, -0.2) is 13.6 Å². The highest BCUT2D eigenvalue weighted by molar-refractivity contribution is 7.89. The molecule has 1 aliphatic heterocycles. The van der Waals surface area contributed by atoms with Gasteiger partial charge in [-0.05, 0) is 24.1 Å². The lowest BCUT2D eigenvalue weighted by Crippen LogP contribution is -2.41. The van der Waals surface area contributed by atoms with Crippen molar-refractivity contribution in [1.29, 1.82) is 0 Å². The highest BCUT2D eigenvalue weighted by Gasteiger charge is 2.16. The Morgan fingerprint density at radius 3 is 2.60 bits per heavy atom. The Kier molecular flexibility index (Phi) is 4.53. The average molecular weight is 295 g/mol. The van der Waals surface area contributed by atoms with E-state index in [1.165, 1.54) is 12.1 Å². The van der Waals surface area contributed by atoms with Crippen LogP contribution in [0.4, 0.5) is 0 Å². The number of hydrogen-bond acceptors (Lipinski definition) is 4. The van der Waals surface area contributed by atoms with E-state index in [0.29, 0.717) is 19.5 Å². The van der Waals surface area contributed by atoms with E-state index >= 15 is 0 Å². The van der Waals surface area contributed by atoms with Crippen molar-refractivity contribution >= 4 is 15.9 Å². The maximum Gasteiger partial charge on any atom is 0.241 e. The fourth-order valence-electron chi connectivity index (χ4n) is 1.93. The Labute approximate surface area is 118 Å². The zero-order valence-electron chi connectivity index (χ0n) is 10.9. The third-order valence-corrected chi connectivity index (χ3v) is 3.96. The molecule has 2 rings (SSSR count). The van der Waals surface area contributed by atoms with Crippen molar-refractivity contribution < 1.29 is 13.2 Å². The largest absolute Gasteiger partial charge is 0.354 e. The molecular weight excluding hydrogens is 278 g/mol. The molecule has 20 heavy (non-hydrogen) atoms. The minimum Gasteiger partial charge on any atom is -0.354 e. The van der Waals surface area contributed by atoms with Gasteiger partial charge in [0.2, 0.25) is 15.9 Å². The van der Waals surface area contributed by atoms with Gasteiger partial charge in [-0.1, -0.05) is 24.3 Å². The van der Waals surface area contributed by atoms with E-state index in [4.69, 9.17) is 5.14 Å². The molecule has 0 saturated carbocycles. The minimum absolute atomic E-state index is 0.0556. The molecule has 1 atom stereocenters. The number of amides is 1. The number of carbonyl (C=O) groups is 1. The Balaban J connectivity index is 1.82. The van der Waals surface area contributed by atoms with Crippen LogP contribution in [0.25, 0.3) is 0 Å². The third-order valence-electron chi connectivity index (χ3n) is 3.03. The average Bonchev–Trinajstić information content (AvgIpc) is 2.92. The van der Waals surface area contributed by atoms with E-state index in [9.17, 15) is 13.2 Å². The van der Waals surface area contributed by atoms with Crippen LogP contribution in [-0.4, -0.2) is 33.5 Å². The van der Waals surface area contributed by atoms with Gasteiger partial charge in [-0.15, -0.1) is 0 Å². The SMILES string of the molecule is NS(=O)(=O)c1ccc(CCNC(=O)[C@H]2C=CCN2)cc1. The number of benzene rings is 1. The summed E-state index contributed by atoms with van der Waals surface area (Å²) in [6.07, 6.45) is 4.37. The maximum absolute atomic E-state index is 11.7. The van der Waals surface area contributed by atoms with Crippen LogP contribution in [0.2, 0.25) is 0 Å². The minimum atomic E-state index is -3.65. The first kappa shape index (κ1) is 14.7. The standard InChI is InChI=1S/C13H17N3O3S/c14-20(18,19)11-5-3-10(4-6-11)7-9-16-13(17)12-2-1-8-15-12/h1-6,12,15H,7-9H2,(H,16,17)(H2,14,18,19)/t12-/m1/s1. The Morgan fingerprint density at radius 2 is 2.05 bits per heavy atom. The number of nitrogens with two attached hydrogens (primary N) is 1. The number of carbonyl (C=O) groups excluding carboxylic acids is 1. The van der Waals surface area contributed by atoms with Gasteiger partial charge in [0.1, 0.15) is 6.04 Å². The smallest absolute Gasteiger partial charge is 0.241 e. The monoisotopic (exact) mass is 295 g/mol. The zero-order chi connectivity index (χ0) is 14.6. The molecule has 6 nitrogen and oxygen atoms in total. The van der Waals surface area contributed by atoms with Gasteiger partial charge in [0.15, 0.2) is 0 Å². The predicted octanol–water partition coefficient (Wildman–Crippen LogP) is -0.479. The summed E-state index contributed by atoms with van der Waals surface area (Å²) in [5.41, 5.74) is 0.938. The summed E-state index contributed by atoms with van der Waals surface area (Å²) in [5.74, 6) is -0.0556. The van der Waals surface area contributed by atoms with Crippen LogP contribution in [-0.2, 0) is 21.2 Å². The Bertz CT molecular complexity index is 608. The van der Waals surface area contributed by atoms with Gasteiger partial charge in [-0.2, -0.15) is 0 Å². The number of hydrogen-bond donors (Lipinski definition) is 3. The molecule has 0 aliphatic carbocycles. The molecule has 1 aromatic rings. The van der Waals surface area contributed by atoms with Crippen LogP contribution >= 0.6 is 0 Å². The second kappa shape index (κ2) is 6.17. The maximum atomic E-state index is 11.7. The Morgan fingerprint density at radius 1 is 1.35 bits per heavy atom. The van der Waals surface area contributed by atoms with Crippen molar-refractivity contribution in [2.75, 3.05) is 13.1 Å². The summed E-state index contributed by atoms with van der Waals surface area (Å²) in [7, 11) is -3.65. The van der Waals surface area contributed by atoms with Gasteiger partial charge < -0.3 is 5.32 Å². The Hall–Kier alpha value is -1.70. The zero-order valence-corrected chi connectivity index (χ0v) is 11.7. The molecular formula is C13H17N3O3S. The predicted molar refractivity (Wildman–Crippen MR) is 75.5 cm³/mol. The molecule has 0 bridgehead atoms. The van der Waals surface area contributed by atoms with Gasteiger partial charge in [0.25, 0.3) is 0 Å². The van der Waals surface area contributed by atoms with E-state index in [0.717, 1.165) is 5.56 Å². The van der Waals surface area contributed by atoms with Crippen molar-refractivity contribution in [3.63, 3.8) is 0 Å². The fraction of sp³-hybridized carbons (Fsp3) is 0.308. The summed E-state index contributed by atoms with van der Waals surface area (Å²) in [6, 6.07) is 6.07. The van der Waals surface area contributed by atoms with Crippen molar-refractivity contribution in [3.8, 4) is 0 Å². The van der Waals surface area contributed by atoms with Crippen LogP contribution in [0.5, 0.6) is 0 Å². The molecule has 0 unspecified atom stereocenters. The highest BCUT2D eigenvalue weighted by atomic mass is 32.2. The summed E-state index contributed by atoms with van der Waals surface area (Å²) in [5, 5.41) is 10.9. The molecule has 1 aliphatic rings. The van der Waals surface area contributed by atoms with Crippen molar-refractivity contribution in [3.05, 3.63) is 42.0 Å². The molecule has 108 valence electrons. The molecule has 0 aromatic heterocycles. The summed E-state index contributed by atoms with van der Waals surface area (Å²) < 4.78 is 22.2. The molecule has 7 heteroatoms. The van der Waals surface area contributed by atoms with Crippen LogP contribution in [0.15, 0.2) is 41.3 Å². The molecule has 0 spiro atoms. The molecule has 4 N–H and O–H groups in total. The number of rotatable bonds is 5. The number of sulfonamides is 1. The topological polar surface area (TPSA) is 101 Å². The third kappa shape index (κ3) is 3.89. The number of nitrogens with one attached hydrogen (secondary N) is 2. The van der Waals surface area contributed by atoms with Gasteiger partial charge >= 0.3 is 0 Å². The lowest BCUT2D eigenvalue weighted by molar-refractivity contribution is -0.121. The summed E-state index contributed by atoms with van der Waals surface area (Å²) in [6.45, 7) is 1.21. The fourth-order valence-corrected chi connectivity index (χ4v) is 2.45. The first-order valence-corrected chi connectivity index (χ1v) is 7.81. The summed E-state index contributed by atoms with van der Waals surface area (Å²) >= 11 is 0. The number of primary sulfonamides is 1. The quantitative estimate of drug-likeness (QED) is 0.639. The molecule has 1 heterocycles.